The van der Waals surface area contributed by atoms with Gasteiger partial charge in [0.15, 0.2) is 0 Å². The van der Waals surface area contributed by atoms with E-state index in [0.29, 0.717) is 15.7 Å². The summed E-state index contributed by atoms with van der Waals surface area (Å²) in [5.41, 5.74) is 2.14. The summed E-state index contributed by atoms with van der Waals surface area (Å²) in [5, 5.41) is 10.5. The van der Waals surface area contributed by atoms with Gasteiger partial charge in [-0.25, -0.2) is 4.98 Å². The van der Waals surface area contributed by atoms with Gasteiger partial charge in [-0.05, 0) is 18.2 Å². The van der Waals surface area contributed by atoms with Crippen molar-refractivity contribution in [2.45, 2.75) is 0 Å². The molecule has 1 saturated heterocycles. The predicted molar refractivity (Wildman–Crippen MR) is 91.4 cm³/mol. The molecular formula is C14H9Cl2N3S2. The lowest BCUT2D eigenvalue weighted by atomic mass is 10.2. The zero-order valence-electron chi connectivity index (χ0n) is 10.7. The highest BCUT2D eigenvalue weighted by Gasteiger charge is 2.17. The summed E-state index contributed by atoms with van der Waals surface area (Å²) in [4.78, 5) is 4.35. The maximum atomic E-state index is 9.38. The van der Waals surface area contributed by atoms with Crippen LogP contribution in [0, 0.1) is 11.3 Å². The Labute approximate surface area is 141 Å². The Balaban J connectivity index is 2.00. The predicted octanol–water partition coefficient (Wildman–Crippen LogP) is 4.99. The van der Waals surface area contributed by atoms with Crippen LogP contribution in [-0.2, 0) is 0 Å². The van der Waals surface area contributed by atoms with Crippen LogP contribution in [0.1, 0.15) is 0 Å². The number of hydrogen-bond donors (Lipinski definition) is 0. The van der Waals surface area contributed by atoms with Gasteiger partial charge in [0.25, 0.3) is 0 Å². The first kappa shape index (κ1) is 14.9. The molecule has 1 aromatic carbocycles. The lowest BCUT2D eigenvalue weighted by molar-refractivity contribution is 1.10. The smallest absolute Gasteiger partial charge is 0.145 e. The number of hydrogen-bond acceptors (Lipinski definition) is 4. The van der Waals surface area contributed by atoms with Gasteiger partial charge in [-0.15, -0.1) is 23.5 Å². The van der Waals surface area contributed by atoms with Crippen LogP contribution in [0.5, 0.6) is 0 Å². The highest BCUT2D eigenvalue weighted by Crippen LogP contribution is 2.40. The minimum Gasteiger partial charge on any atom is -0.295 e. The molecule has 0 bridgehead atoms. The van der Waals surface area contributed by atoms with Gasteiger partial charge >= 0.3 is 0 Å². The first-order valence-electron chi connectivity index (χ1n) is 6.09. The number of allylic oxidation sites excluding steroid dienone is 1. The zero-order chi connectivity index (χ0) is 14.8. The van der Waals surface area contributed by atoms with Gasteiger partial charge in [-0.1, -0.05) is 23.2 Å². The normalized spacial score (nSPS) is 14.2. The summed E-state index contributed by atoms with van der Waals surface area (Å²) in [6, 6.07) is 7.54. The Hall–Kier alpha value is -1.06. The van der Waals surface area contributed by atoms with Crippen LogP contribution in [0.15, 0.2) is 35.0 Å². The largest absolute Gasteiger partial charge is 0.295 e. The van der Waals surface area contributed by atoms with E-state index < -0.39 is 0 Å². The molecule has 106 valence electrons. The zero-order valence-corrected chi connectivity index (χ0v) is 13.9. The van der Waals surface area contributed by atoms with E-state index >= 15 is 0 Å². The monoisotopic (exact) mass is 353 g/mol. The molecule has 21 heavy (non-hydrogen) atoms. The number of nitrogens with zero attached hydrogens (tertiary/aromatic N) is 3. The third-order valence-corrected chi connectivity index (χ3v) is 6.14. The molecular weight excluding hydrogens is 345 g/mol. The average molecular weight is 354 g/mol. The lowest BCUT2D eigenvalue weighted by Crippen LogP contribution is -1.92. The number of rotatable bonds is 2. The minimum absolute atomic E-state index is 0.545. The fraction of sp³-hybridized carbons (Fsp3) is 0.143. The standard InChI is InChI=1S/C14H9Cl2N3S2/c15-9-1-2-10(11(16)5-9)12-7-19(8-18-12)13(6-17)14-20-3-4-21-14/h1-2,5,7-8H,3-4H2. The molecule has 3 nitrogen and oxygen atoms in total. The topological polar surface area (TPSA) is 41.6 Å². The van der Waals surface area contributed by atoms with Crippen LogP contribution in [0.25, 0.3) is 17.0 Å². The molecule has 1 aliphatic rings. The highest BCUT2D eigenvalue weighted by atomic mass is 35.5. The van der Waals surface area contributed by atoms with Crippen molar-refractivity contribution >= 4 is 52.4 Å². The third kappa shape index (κ3) is 3.09. The molecule has 0 atom stereocenters. The summed E-state index contributed by atoms with van der Waals surface area (Å²) in [6.07, 6.45) is 3.46. The van der Waals surface area contributed by atoms with Crippen molar-refractivity contribution in [3.05, 3.63) is 45.0 Å². The van der Waals surface area contributed by atoms with E-state index in [4.69, 9.17) is 23.2 Å². The average Bonchev–Trinajstić information content (AvgIpc) is 3.12. The van der Waals surface area contributed by atoms with Gasteiger partial charge in [0.1, 0.15) is 18.1 Å². The molecule has 7 heteroatoms. The van der Waals surface area contributed by atoms with E-state index in [2.05, 4.69) is 11.1 Å². The van der Waals surface area contributed by atoms with Crippen LogP contribution >= 0.6 is 46.7 Å². The van der Waals surface area contributed by atoms with Crippen LogP contribution in [0.4, 0.5) is 0 Å². The Morgan fingerprint density at radius 3 is 2.71 bits per heavy atom. The quantitative estimate of drug-likeness (QED) is 0.713. The molecule has 1 aliphatic heterocycles. The molecule has 3 rings (SSSR count). The van der Waals surface area contributed by atoms with Crippen molar-refractivity contribution in [3.8, 4) is 17.3 Å². The van der Waals surface area contributed by atoms with E-state index in [0.717, 1.165) is 27.0 Å². The van der Waals surface area contributed by atoms with Crippen molar-refractivity contribution in [3.63, 3.8) is 0 Å². The van der Waals surface area contributed by atoms with Crippen LogP contribution < -0.4 is 0 Å². The van der Waals surface area contributed by atoms with Crippen LogP contribution in [0.3, 0.4) is 0 Å². The molecule has 2 aromatic rings. The summed E-state index contributed by atoms with van der Waals surface area (Å²) >= 11 is 15.5. The molecule has 0 N–H and O–H groups in total. The van der Waals surface area contributed by atoms with E-state index in [1.807, 2.05) is 12.3 Å². The second-order valence-corrected chi connectivity index (χ2v) is 7.55. The minimum atomic E-state index is 0.545. The second kappa shape index (κ2) is 6.37. The van der Waals surface area contributed by atoms with Crippen LogP contribution in [0.2, 0.25) is 10.0 Å². The summed E-state index contributed by atoms with van der Waals surface area (Å²) in [6.45, 7) is 0. The Morgan fingerprint density at radius 2 is 2.05 bits per heavy atom. The van der Waals surface area contributed by atoms with E-state index in [-0.39, 0.29) is 0 Å². The SMILES string of the molecule is N#CC(=C1SCCS1)n1cnc(-c2ccc(Cl)cc2Cl)c1. The van der Waals surface area contributed by atoms with Gasteiger partial charge in [0.05, 0.1) is 15.0 Å². The van der Waals surface area contributed by atoms with Crippen molar-refractivity contribution in [1.29, 1.82) is 5.26 Å². The second-order valence-electron chi connectivity index (χ2n) is 4.24. The molecule has 0 saturated carbocycles. The number of imidazole rings is 1. The first-order chi connectivity index (χ1) is 10.2. The van der Waals surface area contributed by atoms with Gasteiger partial charge in [-0.3, -0.25) is 4.57 Å². The summed E-state index contributed by atoms with van der Waals surface area (Å²) < 4.78 is 2.80. The number of nitriles is 1. The van der Waals surface area contributed by atoms with Gasteiger partial charge in [0, 0.05) is 28.3 Å². The number of benzene rings is 1. The van der Waals surface area contributed by atoms with Crippen molar-refractivity contribution in [2.75, 3.05) is 11.5 Å². The molecule has 0 spiro atoms. The maximum Gasteiger partial charge on any atom is 0.145 e. The Bertz CT molecular complexity index is 754. The number of thioether (sulfide) groups is 2. The lowest BCUT2D eigenvalue weighted by Gasteiger charge is -2.03. The first-order valence-corrected chi connectivity index (χ1v) is 8.81. The maximum absolute atomic E-state index is 9.38. The van der Waals surface area contributed by atoms with Gasteiger partial charge in [-0.2, -0.15) is 5.26 Å². The molecule has 0 aliphatic carbocycles. The van der Waals surface area contributed by atoms with Crippen molar-refractivity contribution in [1.82, 2.24) is 9.55 Å². The van der Waals surface area contributed by atoms with Gasteiger partial charge in [0.2, 0.25) is 0 Å². The molecule has 2 heterocycles. The van der Waals surface area contributed by atoms with Crippen molar-refractivity contribution in [2.24, 2.45) is 0 Å². The van der Waals surface area contributed by atoms with Crippen molar-refractivity contribution < 1.29 is 0 Å². The van der Waals surface area contributed by atoms with Gasteiger partial charge < -0.3 is 0 Å². The summed E-state index contributed by atoms with van der Waals surface area (Å²) in [7, 11) is 0. The van der Waals surface area contributed by atoms with E-state index in [1.165, 1.54) is 0 Å². The molecule has 0 radical (unpaired) electrons. The summed E-state index contributed by atoms with van der Waals surface area (Å²) in [5.74, 6) is 2.07. The molecule has 0 amide bonds. The number of aromatic nitrogens is 2. The highest BCUT2D eigenvalue weighted by molar-refractivity contribution is 8.25. The molecule has 1 aromatic heterocycles. The van der Waals surface area contributed by atoms with E-state index in [1.54, 1.807) is 46.6 Å². The Kier molecular flexibility index (Phi) is 4.51. The van der Waals surface area contributed by atoms with E-state index in [9.17, 15) is 5.26 Å². The molecule has 0 unspecified atom stereocenters. The fourth-order valence-electron chi connectivity index (χ4n) is 1.94. The number of halogens is 2. The molecule has 1 fully saturated rings. The van der Waals surface area contributed by atoms with Crippen LogP contribution in [-0.4, -0.2) is 21.1 Å². The fourth-order valence-corrected chi connectivity index (χ4v) is 4.89. The third-order valence-electron chi connectivity index (χ3n) is 2.90. The Morgan fingerprint density at radius 1 is 1.29 bits per heavy atom.